The van der Waals surface area contributed by atoms with Gasteiger partial charge < -0.3 is 9.53 Å². The molecule has 1 atom stereocenters. The van der Waals surface area contributed by atoms with Crippen molar-refractivity contribution in [3.05, 3.63) is 0 Å². The van der Waals surface area contributed by atoms with Crippen LogP contribution < -0.4 is 0 Å². The van der Waals surface area contributed by atoms with Crippen molar-refractivity contribution in [1.82, 2.24) is 0 Å². The van der Waals surface area contributed by atoms with E-state index in [0.717, 1.165) is 0 Å². The van der Waals surface area contributed by atoms with Crippen molar-refractivity contribution in [2.24, 2.45) is 0 Å². The summed E-state index contributed by atoms with van der Waals surface area (Å²) in [4.78, 5) is 0. The molecule has 0 aromatic heterocycles. The van der Waals surface area contributed by atoms with Crippen LogP contribution in [0.5, 0.6) is 0 Å². The molecule has 15 heavy (non-hydrogen) atoms. The maximum absolute atomic E-state index is 8.89. The molecule has 0 heterocycles. The summed E-state index contributed by atoms with van der Waals surface area (Å²) in [5.41, 5.74) is 0. The van der Waals surface area contributed by atoms with Crippen molar-refractivity contribution >= 4 is 8.32 Å². The van der Waals surface area contributed by atoms with E-state index >= 15 is 0 Å². The lowest BCUT2D eigenvalue weighted by Gasteiger charge is -2.38. The average Bonchev–Trinajstić information content (AvgIpc) is 2.02. The second kappa shape index (κ2) is 5.64. The Bertz CT molecular complexity index is 228. The van der Waals surface area contributed by atoms with Crippen LogP contribution in [-0.4, -0.2) is 26.1 Å². The van der Waals surface area contributed by atoms with Crippen LogP contribution in [0, 0.1) is 11.3 Å². The van der Waals surface area contributed by atoms with Gasteiger partial charge in [0.25, 0.3) is 0 Å². The Labute approximate surface area is 94.2 Å². The summed E-state index contributed by atoms with van der Waals surface area (Å²) in [6.45, 7) is 10.9. The quantitative estimate of drug-likeness (QED) is 0.737. The standard InChI is InChI=1S/C11H23NO2Si/c1-11(2,3)15(4,5)14-10(6-8-12)7-9-13/h10,13H,6-7,9H2,1-5H3/t10-/m0/s1. The predicted octanol–water partition coefficient (Wildman–Crippen LogP) is 2.67. The number of rotatable bonds is 5. The van der Waals surface area contributed by atoms with Gasteiger partial charge in [-0.3, -0.25) is 0 Å². The summed E-state index contributed by atoms with van der Waals surface area (Å²) < 4.78 is 6.04. The number of nitrogens with zero attached hydrogens (tertiary/aromatic N) is 1. The Kier molecular flexibility index (Phi) is 5.50. The summed E-state index contributed by atoms with van der Waals surface area (Å²) in [7, 11) is -1.80. The maximum Gasteiger partial charge on any atom is 0.192 e. The fraction of sp³-hybridized carbons (Fsp3) is 0.909. The molecule has 0 spiro atoms. The fourth-order valence-electron chi connectivity index (χ4n) is 1.04. The van der Waals surface area contributed by atoms with E-state index in [4.69, 9.17) is 14.8 Å². The van der Waals surface area contributed by atoms with Crippen LogP contribution in [0.25, 0.3) is 0 Å². The Hall–Kier alpha value is -0.373. The molecule has 3 nitrogen and oxygen atoms in total. The molecule has 0 bridgehead atoms. The number of aliphatic hydroxyl groups is 1. The van der Waals surface area contributed by atoms with E-state index in [0.29, 0.717) is 12.8 Å². The molecule has 0 saturated heterocycles. The van der Waals surface area contributed by atoms with Crippen molar-refractivity contribution in [1.29, 1.82) is 5.26 Å². The maximum atomic E-state index is 8.89. The van der Waals surface area contributed by atoms with Crippen molar-refractivity contribution in [3.8, 4) is 6.07 Å². The molecular weight excluding hydrogens is 206 g/mol. The van der Waals surface area contributed by atoms with Gasteiger partial charge >= 0.3 is 0 Å². The van der Waals surface area contributed by atoms with E-state index in [1.807, 2.05) is 0 Å². The molecule has 0 aliphatic carbocycles. The van der Waals surface area contributed by atoms with E-state index in [2.05, 4.69) is 39.9 Å². The number of nitriles is 1. The van der Waals surface area contributed by atoms with Gasteiger partial charge in [-0.25, -0.2) is 0 Å². The highest BCUT2D eigenvalue weighted by Gasteiger charge is 2.38. The van der Waals surface area contributed by atoms with Gasteiger partial charge in [0.2, 0.25) is 0 Å². The first-order valence-electron chi connectivity index (χ1n) is 5.40. The molecule has 1 N–H and O–H groups in total. The third kappa shape index (κ3) is 4.78. The van der Waals surface area contributed by atoms with Gasteiger partial charge in [-0.15, -0.1) is 0 Å². The zero-order chi connectivity index (χ0) is 12.1. The van der Waals surface area contributed by atoms with Crippen LogP contribution >= 0.6 is 0 Å². The zero-order valence-corrected chi connectivity index (χ0v) is 11.5. The number of hydrogen-bond acceptors (Lipinski definition) is 3. The second-order valence-electron chi connectivity index (χ2n) is 5.37. The Morgan fingerprint density at radius 1 is 1.40 bits per heavy atom. The van der Waals surface area contributed by atoms with Crippen LogP contribution in [0.3, 0.4) is 0 Å². The first-order valence-corrected chi connectivity index (χ1v) is 8.31. The predicted molar refractivity (Wildman–Crippen MR) is 64.0 cm³/mol. The summed E-state index contributed by atoms with van der Waals surface area (Å²) >= 11 is 0. The van der Waals surface area contributed by atoms with Crippen LogP contribution in [0.4, 0.5) is 0 Å². The lowest BCUT2D eigenvalue weighted by atomic mass is 10.2. The fourth-order valence-corrected chi connectivity index (χ4v) is 2.43. The smallest absolute Gasteiger partial charge is 0.192 e. The Morgan fingerprint density at radius 2 is 1.93 bits per heavy atom. The van der Waals surface area contributed by atoms with Gasteiger partial charge in [-0.1, -0.05) is 20.8 Å². The minimum atomic E-state index is -1.80. The highest BCUT2D eigenvalue weighted by atomic mass is 28.4. The number of aliphatic hydroxyl groups excluding tert-OH is 1. The minimum Gasteiger partial charge on any atom is -0.413 e. The lowest BCUT2D eigenvalue weighted by Crippen LogP contribution is -2.44. The van der Waals surface area contributed by atoms with Crippen molar-refractivity contribution in [2.75, 3.05) is 6.61 Å². The van der Waals surface area contributed by atoms with Gasteiger partial charge in [0.05, 0.1) is 18.6 Å². The van der Waals surface area contributed by atoms with Crippen LogP contribution in [0.15, 0.2) is 0 Å². The van der Waals surface area contributed by atoms with Crippen LogP contribution in [-0.2, 0) is 4.43 Å². The van der Waals surface area contributed by atoms with Gasteiger partial charge in [-0.2, -0.15) is 5.26 Å². The molecule has 0 radical (unpaired) electrons. The largest absolute Gasteiger partial charge is 0.413 e. The van der Waals surface area contributed by atoms with E-state index in [-0.39, 0.29) is 17.7 Å². The van der Waals surface area contributed by atoms with Crippen molar-refractivity contribution in [2.45, 2.75) is 57.8 Å². The van der Waals surface area contributed by atoms with E-state index in [9.17, 15) is 0 Å². The van der Waals surface area contributed by atoms with Crippen molar-refractivity contribution in [3.63, 3.8) is 0 Å². The highest BCUT2D eigenvalue weighted by Crippen LogP contribution is 2.37. The van der Waals surface area contributed by atoms with E-state index in [1.54, 1.807) is 0 Å². The van der Waals surface area contributed by atoms with Gasteiger partial charge in [-0.05, 0) is 24.6 Å². The van der Waals surface area contributed by atoms with E-state index in [1.165, 1.54) is 0 Å². The van der Waals surface area contributed by atoms with E-state index < -0.39 is 8.32 Å². The molecule has 0 aromatic carbocycles. The first kappa shape index (κ1) is 14.6. The van der Waals surface area contributed by atoms with Gasteiger partial charge in [0.15, 0.2) is 8.32 Å². The molecule has 0 aromatic rings. The molecule has 88 valence electrons. The summed E-state index contributed by atoms with van der Waals surface area (Å²) in [5.74, 6) is 0. The Balaban J connectivity index is 4.46. The highest BCUT2D eigenvalue weighted by molar-refractivity contribution is 6.74. The number of hydrogen-bond donors (Lipinski definition) is 1. The average molecular weight is 229 g/mol. The minimum absolute atomic E-state index is 0.0843. The SMILES string of the molecule is CC(C)(C)[Si](C)(C)O[C@@H](CC#N)CCO. The summed E-state index contributed by atoms with van der Waals surface area (Å²) in [6.07, 6.45) is 0.813. The van der Waals surface area contributed by atoms with Crippen molar-refractivity contribution < 1.29 is 9.53 Å². The molecule has 0 saturated carbocycles. The normalized spacial score (nSPS) is 14.7. The topological polar surface area (TPSA) is 53.2 Å². The second-order valence-corrected chi connectivity index (χ2v) is 10.1. The molecule has 0 fully saturated rings. The molecule has 0 amide bonds. The van der Waals surface area contributed by atoms with Gasteiger partial charge in [0.1, 0.15) is 0 Å². The molecule has 0 aliphatic rings. The molecule has 0 aliphatic heterocycles. The monoisotopic (exact) mass is 229 g/mol. The molecule has 0 unspecified atom stereocenters. The zero-order valence-electron chi connectivity index (χ0n) is 10.5. The summed E-state index contributed by atoms with van der Waals surface area (Å²) in [5, 5.41) is 17.7. The molecular formula is C11H23NO2Si. The molecule has 0 rings (SSSR count). The third-order valence-corrected chi connectivity index (χ3v) is 7.57. The van der Waals surface area contributed by atoms with Crippen LogP contribution in [0.2, 0.25) is 18.1 Å². The van der Waals surface area contributed by atoms with Crippen LogP contribution in [0.1, 0.15) is 33.6 Å². The Morgan fingerprint density at radius 3 is 2.27 bits per heavy atom. The molecule has 4 heteroatoms. The van der Waals surface area contributed by atoms with Gasteiger partial charge in [0, 0.05) is 6.61 Å². The third-order valence-electron chi connectivity index (χ3n) is 3.04. The first-order chi connectivity index (χ1) is 6.74. The lowest BCUT2D eigenvalue weighted by molar-refractivity contribution is 0.143. The summed E-state index contributed by atoms with van der Waals surface area (Å²) in [6, 6.07) is 2.11.